The summed E-state index contributed by atoms with van der Waals surface area (Å²) in [7, 11) is 0.967. The van der Waals surface area contributed by atoms with Gasteiger partial charge in [-0.05, 0) is 20.4 Å². The van der Waals surface area contributed by atoms with Gasteiger partial charge in [0.1, 0.15) is 8.24 Å². The Labute approximate surface area is 98.8 Å². The van der Waals surface area contributed by atoms with Crippen molar-refractivity contribution < 1.29 is 9.53 Å². The smallest absolute Gasteiger partial charge is 0.305 e. The van der Waals surface area contributed by atoms with Crippen molar-refractivity contribution in [2.45, 2.75) is 39.4 Å². The van der Waals surface area contributed by atoms with Gasteiger partial charge < -0.3 is 4.74 Å². The largest absolute Gasteiger partial charge is 0.466 e. The Hall–Kier alpha value is -0.00312. The zero-order valence-corrected chi connectivity index (χ0v) is 12.3. The Bertz CT molecular complexity index is 194. The van der Waals surface area contributed by atoms with Crippen LogP contribution in [-0.2, 0) is 9.53 Å². The molecule has 0 aromatic carbocycles. The molecule has 0 N–H and O–H groups in total. The minimum absolute atomic E-state index is 0.0752. The molecule has 0 unspecified atom stereocenters. The van der Waals surface area contributed by atoms with E-state index >= 15 is 0 Å². The van der Waals surface area contributed by atoms with Crippen molar-refractivity contribution in [1.82, 2.24) is 3.97 Å². The highest BCUT2D eigenvalue weighted by atomic mass is 32.2. The van der Waals surface area contributed by atoms with E-state index in [1.54, 1.807) is 0 Å². The second-order valence-corrected chi connectivity index (χ2v) is 11.0. The van der Waals surface area contributed by atoms with Gasteiger partial charge in [0.25, 0.3) is 0 Å². The summed E-state index contributed by atoms with van der Waals surface area (Å²) in [5.41, 5.74) is 0. The van der Waals surface area contributed by atoms with Gasteiger partial charge in [-0.1, -0.05) is 31.6 Å². The fraction of sp³-hybridized carbons (Fsp3) is 0.900. The van der Waals surface area contributed by atoms with Crippen LogP contribution in [0.3, 0.4) is 0 Å². The molecular weight excluding hydrogens is 226 g/mol. The van der Waals surface area contributed by atoms with Gasteiger partial charge >= 0.3 is 5.97 Å². The van der Waals surface area contributed by atoms with Gasteiger partial charge in [0.05, 0.1) is 6.61 Å². The molecule has 5 heteroatoms. The molecule has 0 aromatic heterocycles. The number of hydrogen-bond donors (Lipinski definition) is 0. The summed E-state index contributed by atoms with van der Waals surface area (Å²) in [5, 5.41) is 0. The average Bonchev–Trinajstić information content (AvgIpc) is 2.11. The van der Waals surface area contributed by atoms with E-state index in [2.05, 4.69) is 30.7 Å². The third-order valence-electron chi connectivity index (χ3n) is 2.06. The molecule has 0 bridgehead atoms. The molecule has 0 aromatic rings. The normalized spacial score (nSPS) is 11.9. The highest BCUT2D eigenvalue weighted by Crippen LogP contribution is 2.18. The standard InChI is InChI=1S/C10H23NO2SSi/c1-6-13-10(12)8-7-9-14-11(2)15(3,4)5/h6-9H2,1-5H3. The van der Waals surface area contributed by atoms with Crippen LogP contribution in [0.15, 0.2) is 0 Å². The maximum Gasteiger partial charge on any atom is 0.305 e. The molecule has 0 radical (unpaired) electrons. The van der Waals surface area contributed by atoms with E-state index in [9.17, 15) is 4.79 Å². The molecule has 0 rings (SSSR count). The van der Waals surface area contributed by atoms with Crippen LogP contribution in [0.4, 0.5) is 0 Å². The lowest BCUT2D eigenvalue weighted by molar-refractivity contribution is -0.143. The Balaban J connectivity index is 3.51. The van der Waals surface area contributed by atoms with E-state index in [1.807, 2.05) is 18.9 Å². The van der Waals surface area contributed by atoms with Crippen molar-refractivity contribution >= 4 is 26.2 Å². The van der Waals surface area contributed by atoms with E-state index < -0.39 is 8.24 Å². The van der Waals surface area contributed by atoms with Gasteiger partial charge in [0, 0.05) is 12.2 Å². The second kappa shape index (κ2) is 7.30. The first-order valence-corrected chi connectivity index (χ1v) is 9.79. The lowest BCUT2D eigenvalue weighted by Gasteiger charge is -2.28. The fourth-order valence-electron chi connectivity index (χ4n) is 0.845. The molecule has 3 nitrogen and oxygen atoms in total. The predicted molar refractivity (Wildman–Crippen MR) is 69.4 cm³/mol. The molecule has 0 spiro atoms. The van der Waals surface area contributed by atoms with Crippen molar-refractivity contribution in [3.63, 3.8) is 0 Å². The molecular formula is C10H23NO2SSi. The van der Waals surface area contributed by atoms with Gasteiger partial charge in [0.2, 0.25) is 0 Å². The Kier molecular flexibility index (Phi) is 7.30. The van der Waals surface area contributed by atoms with Crippen molar-refractivity contribution in [3.05, 3.63) is 0 Å². The highest BCUT2D eigenvalue weighted by molar-refractivity contribution is 7.98. The van der Waals surface area contributed by atoms with Crippen LogP contribution in [0.2, 0.25) is 19.6 Å². The van der Waals surface area contributed by atoms with Gasteiger partial charge in [-0.2, -0.15) is 0 Å². The van der Waals surface area contributed by atoms with Gasteiger partial charge in [-0.3, -0.25) is 8.77 Å². The van der Waals surface area contributed by atoms with Crippen LogP contribution in [0, 0.1) is 0 Å². The molecule has 0 aliphatic rings. The predicted octanol–water partition coefficient (Wildman–Crippen LogP) is 2.74. The molecule has 0 saturated carbocycles. The third-order valence-corrected chi connectivity index (χ3v) is 6.84. The number of rotatable bonds is 7. The summed E-state index contributed by atoms with van der Waals surface area (Å²) in [6.45, 7) is 9.26. The Morgan fingerprint density at radius 1 is 1.40 bits per heavy atom. The van der Waals surface area contributed by atoms with E-state index in [1.165, 1.54) is 0 Å². The molecule has 0 aliphatic carbocycles. The lowest BCUT2D eigenvalue weighted by atomic mass is 10.3. The summed E-state index contributed by atoms with van der Waals surface area (Å²) < 4.78 is 7.22. The number of ether oxygens (including phenoxy) is 1. The Morgan fingerprint density at radius 2 is 2.00 bits per heavy atom. The van der Waals surface area contributed by atoms with E-state index in [-0.39, 0.29) is 5.97 Å². The number of nitrogens with zero attached hydrogens (tertiary/aromatic N) is 1. The van der Waals surface area contributed by atoms with Gasteiger partial charge in [0.15, 0.2) is 0 Å². The van der Waals surface area contributed by atoms with Crippen molar-refractivity contribution in [2.75, 3.05) is 19.4 Å². The van der Waals surface area contributed by atoms with Crippen molar-refractivity contribution in [2.24, 2.45) is 0 Å². The minimum Gasteiger partial charge on any atom is -0.466 e. The van der Waals surface area contributed by atoms with Crippen molar-refractivity contribution in [3.8, 4) is 0 Å². The van der Waals surface area contributed by atoms with E-state index in [4.69, 9.17) is 4.74 Å². The summed E-state index contributed by atoms with van der Waals surface area (Å²) in [5.74, 6) is 0.924. The van der Waals surface area contributed by atoms with Crippen molar-refractivity contribution in [1.29, 1.82) is 0 Å². The zero-order chi connectivity index (χ0) is 11.9. The lowest BCUT2D eigenvalue weighted by Crippen LogP contribution is -2.38. The van der Waals surface area contributed by atoms with Gasteiger partial charge in [-0.25, -0.2) is 0 Å². The molecule has 0 heterocycles. The number of hydrogen-bond acceptors (Lipinski definition) is 4. The second-order valence-electron chi connectivity index (χ2n) is 4.41. The third kappa shape index (κ3) is 7.87. The van der Waals surface area contributed by atoms with Crippen LogP contribution < -0.4 is 0 Å². The maximum atomic E-state index is 11.0. The summed E-state index contributed by atoms with van der Waals surface area (Å²) in [6.07, 6.45) is 1.44. The van der Waals surface area contributed by atoms with Crippen LogP contribution in [-0.4, -0.2) is 37.6 Å². The SMILES string of the molecule is CCOC(=O)CCCSN(C)[Si](C)(C)C. The first-order chi connectivity index (χ1) is 6.88. The molecule has 0 amide bonds. The molecule has 0 saturated heterocycles. The summed E-state index contributed by atoms with van der Waals surface area (Å²) in [4.78, 5) is 11.0. The highest BCUT2D eigenvalue weighted by Gasteiger charge is 2.19. The molecule has 15 heavy (non-hydrogen) atoms. The zero-order valence-electron chi connectivity index (χ0n) is 10.5. The fourth-order valence-corrected chi connectivity index (χ4v) is 3.22. The van der Waals surface area contributed by atoms with E-state index in [0.717, 1.165) is 12.2 Å². The average molecular weight is 249 g/mol. The summed E-state index contributed by atoms with van der Waals surface area (Å²) in [6, 6.07) is 0. The first-order valence-electron chi connectivity index (χ1n) is 5.40. The molecule has 0 atom stereocenters. The summed E-state index contributed by atoms with van der Waals surface area (Å²) >= 11 is 1.83. The maximum absolute atomic E-state index is 11.0. The number of esters is 1. The quantitative estimate of drug-likeness (QED) is 0.300. The number of carbonyl (C=O) groups is 1. The van der Waals surface area contributed by atoms with Crippen LogP contribution in [0.1, 0.15) is 19.8 Å². The topological polar surface area (TPSA) is 29.5 Å². The Morgan fingerprint density at radius 3 is 2.47 bits per heavy atom. The van der Waals surface area contributed by atoms with E-state index in [0.29, 0.717) is 13.0 Å². The van der Waals surface area contributed by atoms with Crippen LogP contribution in [0.25, 0.3) is 0 Å². The minimum atomic E-state index is -1.17. The molecule has 0 aliphatic heterocycles. The number of carbonyl (C=O) groups excluding carboxylic acids is 1. The van der Waals surface area contributed by atoms with Gasteiger partial charge in [-0.15, -0.1) is 0 Å². The molecule has 90 valence electrons. The van der Waals surface area contributed by atoms with Crippen LogP contribution in [0.5, 0.6) is 0 Å². The monoisotopic (exact) mass is 249 g/mol. The first kappa shape index (κ1) is 15.0. The molecule has 0 fully saturated rings. The van der Waals surface area contributed by atoms with Crippen LogP contribution >= 0.6 is 11.9 Å².